The minimum atomic E-state index is -0.501. The van der Waals surface area contributed by atoms with E-state index in [0.717, 1.165) is 29.0 Å². The lowest BCUT2D eigenvalue weighted by Crippen LogP contribution is -2.29. The summed E-state index contributed by atoms with van der Waals surface area (Å²) < 4.78 is 17.0. The van der Waals surface area contributed by atoms with Crippen LogP contribution in [0.5, 0.6) is 11.5 Å². The van der Waals surface area contributed by atoms with Crippen molar-refractivity contribution in [2.75, 3.05) is 38.2 Å². The summed E-state index contributed by atoms with van der Waals surface area (Å²) in [5, 5.41) is 14.2. The molecule has 1 atom stereocenters. The van der Waals surface area contributed by atoms with Gasteiger partial charge < -0.3 is 34.1 Å². The summed E-state index contributed by atoms with van der Waals surface area (Å²) in [5.74, 6) is 1.74. The fourth-order valence-corrected chi connectivity index (χ4v) is 5.73. The number of carbonyl (C=O) groups excluding carboxylic acids is 1. The van der Waals surface area contributed by atoms with Crippen LogP contribution in [0, 0.1) is 0 Å². The van der Waals surface area contributed by atoms with Crippen molar-refractivity contribution in [1.29, 1.82) is 0 Å². The van der Waals surface area contributed by atoms with Crippen LogP contribution in [0.15, 0.2) is 83.8 Å². The molecule has 256 valence electrons. The summed E-state index contributed by atoms with van der Waals surface area (Å²) >= 11 is 6.52. The van der Waals surface area contributed by atoms with Crippen LogP contribution in [-0.2, 0) is 24.4 Å². The molecular weight excluding hydrogens is 646 g/mol. The highest BCUT2D eigenvalue weighted by Crippen LogP contribution is 2.27. The molecule has 0 bridgehead atoms. The molecule has 2 heterocycles. The van der Waals surface area contributed by atoms with Crippen molar-refractivity contribution in [2.24, 2.45) is 0 Å². The molecule has 0 saturated heterocycles. The molecule has 2 aromatic heterocycles. The fourth-order valence-electron chi connectivity index (χ4n) is 5.49. The predicted octanol–water partition coefficient (Wildman–Crippen LogP) is 6.08. The number of hydrogen-bond acceptors (Lipinski definition) is 10. The molecule has 0 amide bonds. The maximum absolute atomic E-state index is 14.1. The van der Waals surface area contributed by atoms with E-state index in [1.165, 1.54) is 17.7 Å². The molecule has 0 aliphatic heterocycles. The van der Waals surface area contributed by atoms with E-state index < -0.39 is 5.97 Å². The number of fused-ring (bicyclic) bond motifs is 1. The highest BCUT2D eigenvalue weighted by Gasteiger charge is 2.21. The van der Waals surface area contributed by atoms with Crippen molar-refractivity contribution >= 4 is 40.2 Å². The van der Waals surface area contributed by atoms with E-state index in [1.54, 1.807) is 38.6 Å². The Hall–Kier alpha value is -5.13. The quantitative estimate of drug-likeness (QED) is 0.125. The van der Waals surface area contributed by atoms with E-state index in [4.69, 9.17) is 35.8 Å². The van der Waals surface area contributed by atoms with Gasteiger partial charge in [-0.3, -0.25) is 4.79 Å². The van der Waals surface area contributed by atoms with Gasteiger partial charge in [-0.1, -0.05) is 55.3 Å². The number of nitrogens with one attached hydrogen (secondary N) is 1. The van der Waals surface area contributed by atoms with Crippen LogP contribution >= 0.6 is 11.6 Å². The molecule has 0 spiro atoms. The van der Waals surface area contributed by atoms with Gasteiger partial charge in [0.15, 0.2) is 0 Å². The van der Waals surface area contributed by atoms with Crippen LogP contribution in [0.4, 0.5) is 11.8 Å². The van der Waals surface area contributed by atoms with Crippen LogP contribution in [0.25, 0.3) is 10.9 Å². The van der Waals surface area contributed by atoms with Crippen molar-refractivity contribution in [3.63, 3.8) is 0 Å². The van der Waals surface area contributed by atoms with Crippen LogP contribution in [0.2, 0.25) is 5.02 Å². The van der Waals surface area contributed by atoms with Crippen LogP contribution in [0.3, 0.4) is 0 Å². The second-order valence-corrected chi connectivity index (χ2v) is 12.0. The van der Waals surface area contributed by atoms with Gasteiger partial charge in [0.05, 0.1) is 51.6 Å². The van der Waals surface area contributed by atoms with Crippen molar-refractivity contribution in [3.05, 3.63) is 117 Å². The van der Waals surface area contributed by atoms with Gasteiger partial charge in [0, 0.05) is 24.3 Å². The van der Waals surface area contributed by atoms with E-state index >= 15 is 0 Å². The Morgan fingerprint density at radius 2 is 1.57 bits per heavy atom. The SMILES string of the molecule is CCC[C@@H](CO)Nc1nc(N(Cc2ccc(OC)cc2)Cc2ccc(OC)cc2)nc2ccn(Cc3ccc(C(=O)OC)cc3Cl)c(=O)c12. The highest BCUT2D eigenvalue weighted by atomic mass is 35.5. The molecule has 0 unspecified atom stereocenters. The molecule has 0 radical (unpaired) electrons. The molecule has 12 heteroatoms. The topological polar surface area (TPSA) is 128 Å². The normalized spacial score (nSPS) is 11.6. The van der Waals surface area contributed by atoms with E-state index in [-0.39, 0.29) is 30.1 Å². The van der Waals surface area contributed by atoms with Gasteiger partial charge in [-0.15, -0.1) is 0 Å². The minimum absolute atomic E-state index is 0.140. The van der Waals surface area contributed by atoms with E-state index in [2.05, 4.69) is 5.32 Å². The fraction of sp³-hybridized carbons (Fsp3) is 0.297. The summed E-state index contributed by atoms with van der Waals surface area (Å²) in [6.07, 6.45) is 3.16. The Bertz CT molecular complexity index is 1900. The number of aliphatic hydroxyl groups excluding tert-OH is 1. The first-order valence-corrected chi connectivity index (χ1v) is 16.3. The lowest BCUT2D eigenvalue weighted by atomic mass is 10.1. The zero-order valence-electron chi connectivity index (χ0n) is 28.0. The van der Waals surface area contributed by atoms with Gasteiger partial charge in [-0.05, 0) is 65.6 Å². The molecule has 5 rings (SSSR count). The summed E-state index contributed by atoms with van der Waals surface area (Å²) in [6.45, 7) is 2.98. The van der Waals surface area contributed by atoms with Gasteiger partial charge in [0.25, 0.3) is 5.56 Å². The van der Waals surface area contributed by atoms with Gasteiger partial charge in [-0.2, -0.15) is 4.98 Å². The third kappa shape index (κ3) is 8.48. The van der Waals surface area contributed by atoms with E-state index in [1.807, 2.05) is 60.4 Å². The third-order valence-corrected chi connectivity index (χ3v) is 8.53. The van der Waals surface area contributed by atoms with Crippen molar-refractivity contribution in [1.82, 2.24) is 14.5 Å². The summed E-state index contributed by atoms with van der Waals surface area (Å²) in [7, 11) is 4.56. The van der Waals surface area contributed by atoms with E-state index in [9.17, 15) is 14.7 Å². The number of anilines is 2. The smallest absolute Gasteiger partial charge is 0.337 e. The van der Waals surface area contributed by atoms with Crippen molar-refractivity contribution < 1.29 is 24.1 Å². The second kappa shape index (κ2) is 16.3. The first-order chi connectivity index (χ1) is 23.8. The minimum Gasteiger partial charge on any atom is -0.497 e. The number of esters is 1. The predicted molar refractivity (Wildman–Crippen MR) is 191 cm³/mol. The molecule has 0 fully saturated rings. The second-order valence-electron chi connectivity index (χ2n) is 11.5. The maximum atomic E-state index is 14.1. The number of aliphatic hydroxyl groups is 1. The van der Waals surface area contributed by atoms with E-state index in [0.29, 0.717) is 52.9 Å². The molecular formula is C37H40ClN5O6. The number of rotatable bonds is 15. The first-order valence-electron chi connectivity index (χ1n) is 15.9. The number of methoxy groups -OCH3 is 3. The van der Waals surface area contributed by atoms with Gasteiger partial charge in [0.1, 0.15) is 22.7 Å². The molecule has 0 saturated carbocycles. The zero-order chi connectivity index (χ0) is 34.9. The average molecular weight is 686 g/mol. The zero-order valence-corrected chi connectivity index (χ0v) is 28.7. The molecule has 11 nitrogen and oxygen atoms in total. The number of nitrogens with zero attached hydrogens (tertiary/aromatic N) is 4. The molecule has 2 N–H and O–H groups in total. The Morgan fingerprint density at radius 1 is 0.939 bits per heavy atom. The van der Waals surface area contributed by atoms with Crippen molar-refractivity contribution in [3.8, 4) is 11.5 Å². The third-order valence-electron chi connectivity index (χ3n) is 8.17. The standard InChI is InChI=1S/C37H40ClN5O6/c1-5-6-28(23-44)39-34-33-32(17-18-42(35(33)45)22-27-12-11-26(19-31(27)38)36(46)49-4)40-37(41-34)43(20-24-7-13-29(47-2)14-8-24)21-25-9-15-30(48-3)16-10-25/h7-19,28,44H,5-6,20-23H2,1-4H3,(H,39,40,41)/t28-/m0/s1. The summed E-state index contributed by atoms with van der Waals surface area (Å²) in [5.41, 5.74) is 3.10. The Kier molecular flexibility index (Phi) is 11.7. The molecule has 5 aromatic rings. The highest BCUT2D eigenvalue weighted by molar-refractivity contribution is 6.31. The largest absolute Gasteiger partial charge is 0.497 e. The average Bonchev–Trinajstić information content (AvgIpc) is 3.13. The summed E-state index contributed by atoms with van der Waals surface area (Å²) in [6, 6.07) is 21.9. The first kappa shape index (κ1) is 35.2. The lowest BCUT2D eigenvalue weighted by Gasteiger charge is -2.25. The summed E-state index contributed by atoms with van der Waals surface area (Å²) in [4.78, 5) is 38.0. The maximum Gasteiger partial charge on any atom is 0.337 e. The Balaban J connectivity index is 1.60. The van der Waals surface area contributed by atoms with Gasteiger partial charge in [0.2, 0.25) is 5.95 Å². The Labute approximate surface area is 290 Å². The monoisotopic (exact) mass is 685 g/mol. The van der Waals surface area contributed by atoms with Crippen LogP contribution in [0.1, 0.15) is 46.8 Å². The van der Waals surface area contributed by atoms with Crippen molar-refractivity contribution in [2.45, 2.75) is 45.4 Å². The number of carbonyl (C=O) groups is 1. The Morgan fingerprint density at radius 3 is 2.10 bits per heavy atom. The molecule has 0 aliphatic carbocycles. The van der Waals surface area contributed by atoms with Gasteiger partial charge in [-0.25, -0.2) is 9.78 Å². The lowest BCUT2D eigenvalue weighted by molar-refractivity contribution is 0.0600. The molecule has 3 aromatic carbocycles. The molecule has 0 aliphatic rings. The number of hydrogen-bond donors (Lipinski definition) is 2. The number of pyridine rings is 1. The number of aromatic nitrogens is 3. The molecule has 49 heavy (non-hydrogen) atoms. The number of benzene rings is 3. The number of ether oxygens (including phenoxy) is 3. The van der Waals surface area contributed by atoms with Crippen LogP contribution < -0.4 is 25.2 Å². The van der Waals surface area contributed by atoms with Gasteiger partial charge >= 0.3 is 5.97 Å². The van der Waals surface area contributed by atoms with Crippen LogP contribution in [-0.4, -0.2) is 59.6 Å². The number of halogens is 1.